The van der Waals surface area contributed by atoms with Crippen LogP contribution >= 0.6 is 0 Å². The molecule has 0 aromatic rings. The van der Waals surface area contributed by atoms with Crippen molar-refractivity contribution in [3.05, 3.63) is 35.3 Å². The molecule has 66 heavy (non-hydrogen) atoms. The molecule has 4 rings (SSSR count). The Hall–Kier alpha value is -2.71. The molecule has 3 fully saturated rings. The molecule has 17 heteroatoms. The number of Topliss-reactive ketones (excluding diaryl/α,β-unsaturated/α-hetero) is 1. The van der Waals surface area contributed by atoms with Crippen LogP contribution in [0, 0.1) is 29.6 Å². The molecule has 2 N–H and O–H groups in total. The van der Waals surface area contributed by atoms with Gasteiger partial charge in [-0.25, -0.2) is 4.79 Å². The standard InChI is InChI=1S/C49H83NO15Si/c1-13-36-30-37(56-9)25-31(5)26-42(58-11)45-43(59-12)28-34(8)49(55,64-45)46(52)47(53)50-24-18-17-19-38(50)48(54)63-44(33(7)27-35-21-22-39(51)41(29-35)57-10)32(6)20-23-40(36)65-66(60-14-2,61-15-3)62-16-4/h23,27,30-32,34-36,38-39,41-45,51,55H,13-22,24-26,28-29H2,1-12H3/b33-27+,37-30+,40-23+/t31-,32-,34-,35?,36?,38+,39-,41-,42+,43+,44+,45-,49-/m1/s1. The van der Waals surface area contributed by atoms with Crippen molar-refractivity contribution in [2.75, 3.05) is 54.8 Å². The Kier molecular flexibility index (Phi) is 22.3. The molecule has 3 heterocycles. The number of fused-ring (bicyclic) bond motifs is 3. The van der Waals surface area contributed by atoms with E-state index in [9.17, 15) is 24.6 Å². The molecule has 16 nitrogen and oxygen atoms in total. The maximum Gasteiger partial charge on any atom is 0.749 e. The van der Waals surface area contributed by atoms with Crippen molar-refractivity contribution >= 4 is 26.7 Å². The zero-order valence-corrected chi connectivity index (χ0v) is 42.9. The highest BCUT2D eigenvalue weighted by atomic mass is 28.4. The van der Waals surface area contributed by atoms with Gasteiger partial charge in [-0.1, -0.05) is 33.8 Å². The van der Waals surface area contributed by atoms with Crippen molar-refractivity contribution in [3.8, 4) is 0 Å². The first-order valence-electron chi connectivity index (χ1n) is 24.4. The van der Waals surface area contributed by atoms with E-state index in [-0.39, 0.29) is 49.2 Å². The van der Waals surface area contributed by atoms with Crippen LogP contribution < -0.4 is 0 Å². The summed E-state index contributed by atoms with van der Waals surface area (Å²) in [5, 5.41) is 22.8. The molecule has 378 valence electrons. The second-order valence-corrected chi connectivity index (χ2v) is 20.7. The molecule has 3 aliphatic heterocycles. The number of nitrogens with zero attached hydrogens (tertiary/aromatic N) is 1. The number of methoxy groups -OCH3 is 4. The summed E-state index contributed by atoms with van der Waals surface area (Å²) in [5.41, 5.74) is 0.806. The molecule has 2 unspecified atom stereocenters. The third-order valence-electron chi connectivity index (χ3n) is 13.8. The largest absolute Gasteiger partial charge is 0.749 e. The second kappa shape index (κ2) is 26.3. The highest BCUT2D eigenvalue weighted by Gasteiger charge is 2.57. The zero-order valence-electron chi connectivity index (χ0n) is 41.9. The van der Waals surface area contributed by atoms with Gasteiger partial charge in [-0.05, 0) is 121 Å². The molecule has 1 saturated carbocycles. The smallest absolute Gasteiger partial charge is 0.501 e. The summed E-state index contributed by atoms with van der Waals surface area (Å²) in [6, 6.07) is -1.08. The lowest BCUT2D eigenvalue weighted by Crippen LogP contribution is -2.64. The van der Waals surface area contributed by atoms with Crippen LogP contribution in [0.15, 0.2) is 35.3 Å². The van der Waals surface area contributed by atoms with Crippen LogP contribution in [0.5, 0.6) is 0 Å². The minimum absolute atomic E-state index is 0.0475. The molecule has 0 spiro atoms. The number of cyclic esters (lactones) is 1. The SMILES string of the molecule is CCO[Si](OCC)(OCC)O/C1=C/C[C@@H](C)[C@@H](/C(C)=C/C2CC[C@@H](O)[C@H](OC)C2)OC(=O)[C@@H]2CCCCN2C(=O)C(=O)[C@]2(O)O[C@H]([C@@H](OC)C[C@H](C)C/C(OC)=C\C1CC)[C@@H](OC)C[C@H]2C. The highest BCUT2D eigenvalue weighted by molar-refractivity contribution is 6.53. The van der Waals surface area contributed by atoms with Crippen molar-refractivity contribution in [3.63, 3.8) is 0 Å². The van der Waals surface area contributed by atoms with E-state index in [1.807, 2.05) is 46.8 Å². The Balaban J connectivity index is 1.91. The minimum atomic E-state index is -3.73. The maximum atomic E-state index is 14.7. The Morgan fingerprint density at radius 2 is 1.52 bits per heavy atom. The summed E-state index contributed by atoms with van der Waals surface area (Å²) in [6.07, 6.45) is 7.82. The van der Waals surface area contributed by atoms with Crippen LogP contribution in [0.25, 0.3) is 0 Å². The number of carbonyl (C=O) groups excluding carboxylic acids is 3. The van der Waals surface area contributed by atoms with E-state index in [0.717, 1.165) is 12.0 Å². The third-order valence-corrected chi connectivity index (χ3v) is 16.2. The number of rotatable bonds is 15. The number of allylic oxidation sites excluding steroid dienone is 4. The molecule has 0 aromatic heterocycles. The monoisotopic (exact) mass is 954 g/mol. The lowest BCUT2D eigenvalue weighted by Gasteiger charge is -2.47. The molecule has 1 amide bonds. The summed E-state index contributed by atoms with van der Waals surface area (Å²) < 4.78 is 62.0. The van der Waals surface area contributed by atoms with Crippen LogP contribution in [-0.2, 0) is 60.5 Å². The summed E-state index contributed by atoms with van der Waals surface area (Å²) in [7, 11) is 2.59. The van der Waals surface area contributed by atoms with E-state index < -0.39 is 75.0 Å². The van der Waals surface area contributed by atoms with Crippen LogP contribution in [-0.4, -0.2) is 145 Å². The van der Waals surface area contributed by atoms with Crippen LogP contribution in [0.3, 0.4) is 0 Å². The van der Waals surface area contributed by atoms with Gasteiger partial charge in [0.2, 0.25) is 5.79 Å². The van der Waals surface area contributed by atoms with Crippen molar-refractivity contribution in [1.29, 1.82) is 0 Å². The van der Waals surface area contributed by atoms with Gasteiger partial charge >= 0.3 is 15.0 Å². The maximum absolute atomic E-state index is 14.7. The van der Waals surface area contributed by atoms with E-state index in [0.29, 0.717) is 82.7 Å². The van der Waals surface area contributed by atoms with Crippen LogP contribution in [0.2, 0.25) is 0 Å². The van der Waals surface area contributed by atoms with E-state index in [1.54, 1.807) is 35.4 Å². The van der Waals surface area contributed by atoms with E-state index in [1.165, 1.54) is 4.90 Å². The van der Waals surface area contributed by atoms with Gasteiger partial charge in [0.25, 0.3) is 11.7 Å². The van der Waals surface area contributed by atoms with E-state index >= 15 is 0 Å². The minimum Gasteiger partial charge on any atom is -0.501 e. The summed E-state index contributed by atoms with van der Waals surface area (Å²) in [5.74, 6) is -5.54. The molecule has 1 aliphatic carbocycles. The molecule has 2 bridgehead atoms. The number of amides is 1. The van der Waals surface area contributed by atoms with Gasteiger partial charge < -0.3 is 61.2 Å². The zero-order chi connectivity index (χ0) is 48.8. The summed E-state index contributed by atoms with van der Waals surface area (Å²) in [6.45, 7) is 16.3. The number of aliphatic hydroxyl groups is 2. The van der Waals surface area contributed by atoms with Crippen molar-refractivity contribution in [2.45, 2.75) is 174 Å². The van der Waals surface area contributed by atoms with Crippen LogP contribution in [0.1, 0.15) is 126 Å². The summed E-state index contributed by atoms with van der Waals surface area (Å²) >= 11 is 0. The van der Waals surface area contributed by atoms with Gasteiger partial charge in [0.15, 0.2) is 0 Å². The number of aliphatic hydroxyl groups excluding tert-OH is 1. The Bertz CT molecular complexity index is 1640. The Labute approximate surface area is 395 Å². The van der Waals surface area contributed by atoms with Crippen molar-refractivity contribution in [2.24, 2.45) is 29.6 Å². The average Bonchev–Trinajstić information content (AvgIpc) is 3.30. The topological polar surface area (TPSA) is 187 Å². The fourth-order valence-electron chi connectivity index (χ4n) is 10.1. The van der Waals surface area contributed by atoms with E-state index in [4.69, 9.17) is 46.1 Å². The number of esters is 1. The van der Waals surface area contributed by atoms with Crippen molar-refractivity contribution < 1.29 is 70.7 Å². The Morgan fingerprint density at radius 1 is 0.879 bits per heavy atom. The third kappa shape index (κ3) is 14.0. The predicted octanol–water partition coefficient (Wildman–Crippen LogP) is 6.57. The number of piperidine rings is 1. The average molecular weight is 954 g/mol. The van der Waals surface area contributed by atoms with Crippen LogP contribution in [0.4, 0.5) is 0 Å². The molecule has 2 saturated heterocycles. The van der Waals surface area contributed by atoms with Crippen molar-refractivity contribution in [1.82, 2.24) is 4.90 Å². The molecule has 4 aliphatic rings. The van der Waals surface area contributed by atoms with Gasteiger partial charge in [-0.3, -0.25) is 9.59 Å². The Morgan fingerprint density at radius 3 is 2.11 bits per heavy atom. The second-order valence-electron chi connectivity index (χ2n) is 18.6. The number of hydrogen-bond acceptors (Lipinski definition) is 15. The van der Waals surface area contributed by atoms with Gasteiger partial charge in [0.1, 0.15) is 18.2 Å². The van der Waals surface area contributed by atoms with Gasteiger partial charge in [-0.15, -0.1) is 0 Å². The summed E-state index contributed by atoms with van der Waals surface area (Å²) in [4.78, 5) is 44.8. The first kappa shape index (κ1) is 55.9. The number of hydrogen-bond donors (Lipinski definition) is 2. The normalized spacial score (nSPS) is 36.8. The van der Waals surface area contributed by atoms with Gasteiger partial charge in [-0.2, -0.15) is 0 Å². The molecule has 0 radical (unpaired) electrons. The molecular weight excluding hydrogens is 871 g/mol. The predicted molar refractivity (Wildman–Crippen MR) is 248 cm³/mol. The highest BCUT2D eigenvalue weighted by Crippen LogP contribution is 2.40. The lowest BCUT2D eigenvalue weighted by atomic mass is 9.82. The fourth-order valence-corrected chi connectivity index (χ4v) is 12.1. The van der Waals surface area contributed by atoms with Gasteiger partial charge in [0.05, 0.1) is 43.0 Å². The lowest BCUT2D eigenvalue weighted by molar-refractivity contribution is -0.302. The quantitative estimate of drug-likeness (QED) is 0.0776. The molecular formula is C49H83NO15Si. The number of ketones is 1. The van der Waals surface area contributed by atoms with E-state index in [2.05, 4.69) is 19.9 Å². The molecule has 0 aromatic carbocycles. The first-order valence-corrected chi connectivity index (χ1v) is 26.1. The van der Waals surface area contributed by atoms with Gasteiger partial charge in [0, 0.05) is 71.9 Å². The number of carbonyl (C=O) groups is 3. The first-order chi connectivity index (χ1) is 31.5. The fraction of sp³-hybridized carbons (Fsp3) is 0.816. The number of ether oxygens (including phenoxy) is 6. The molecule has 13 atom stereocenters.